The second kappa shape index (κ2) is 5.14. The Kier molecular flexibility index (Phi) is 3.28. The molecular formula is C14H12N4O4. The average Bonchev–Trinajstić information content (AvgIpc) is 2.48. The first kappa shape index (κ1) is 14.1. The van der Waals surface area contributed by atoms with Gasteiger partial charge in [-0.1, -0.05) is 6.07 Å². The van der Waals surface area contributed by atoms with Gasteiger partial charge in [0.25, 0.3) is 5.56 Å². The van der Waals surface area contributed by atoms with Crippen LogP contribution in [0.3, 0.4) is 0 Å². The molecule has 1 N–H and O–H groups in total. The molecule has 2 amide bonds. The van der Waals surface area contributed by atoms with Crippen molar-refractivity contribution in [2.45, 2.75) is 25.8 Å². The highest BCUT2D eigenvalue weighted by Crippen LogP contribution is 2.24. The molecule has 8 heteroatoms. The number of benzene rings is 1. The van der Waals surface area contributed by atoms with Crippen LogP contribution in [0.4, 0.5) is 5.69 Å². The van der Waals surface area contributed by atoms with Gasteiger partial charge in [0.15, 0.2) is 0 Å². The molecule has 1 aromatic carbocycles. The van der Waals surface area contributed by atoms with Crippen LogP contribution in [0.2, 0.25) is 0 Å². The van der Waals surface area contributed by atoms with Crippen LogP contribution < -0.4 is 10.9 Å². The molecule has 1 aromatic heterocycles. The van der Waals surface area contributed by atoms with Crippen LogP contribution >= 0.6 is 0 Å². The van der Waals surface area contributed by atoms with Gasteiger partial charge in [-0.3, -0.25) is 24.3 Å². The standard InChI is InChI=1S/C14H12N4O4/c1-7-15-8-3-2-4-9(17-22)12(8)14(21)18(7)10-5-6-11(19)16-13(10)20/h2-4,10H,5-6H2,1H3,(H,16,19,20). The number of nitroso groups, excluding NO2 is 1. The number of hydrogen-bond acceptors (Lipinski definition) is 6. The molecule has 112 valence electrons. The number of fused-ring (bicyclic) bond motifs is 1. The zero-order chi connectivity index (χ0) is 15.9. The van der Waals surface area contributed by atoms with Gasteiger partial charge in [0, 0.05) is 6.42 Å². The Balaban J connectivity index is 2.26. The van der Waals surface area contributed by atoms with Crippen LogP contribution in [0.15, 0.2) is 28.2 Å². The van der Waals surface area contributed by atoms with E-state index >= 15 is 0 Å². The molecule has 0 aliphatic carbocycles. The van der Waals surface area contributed by atoms with E-state index in [1.165, 1.54) is 10.6 Å². The summed E-state index contributed by atoms with van der Waals surface area (Å²) in [4.78, 5) is 51.1. The predicted molar refractivity (Wildman–Crippen MR) is 77.6 cm³/mol. The van der Waals surface area contributed by atoms with Crippen molar-refractivity contribution in [3.8, 4) is 0 Å². The number of imide groups is 1. The second-order valence-corrected chi connectivity index (χ2v) is 5.06. The molecule has 1 atom stereocenters. The minimum absolute atomic E-state index is 0.0176. The van der Waals surface area contributed by atoms with Crippen molar-refractivity contribution in [1.82, 2.24) is 14.9 Å². The quantitative estimate of drug-likeness (QED) is 0.659. The van der Waals surface area contributed by atoms with Crippen LogP contribution in [0.5, 0.6) is 0 Å². The van der Waals surface area contributed by atoms with E-state index in [0.717, 1.165) is 0 Å². The van der Waals surface area contributed by atoms with E-state index in [4.69, 9.17) is 0 Å². The highest BCUT2D eigenvalue weighted by Gasteiger charge is 2.30. The fraction of sp³-hybridized carbons (Fsp3) is 0.286. The number of piperidine rings is 1. The van der Waals surface area contributed by atoms with Gasteiger partial charge in [0.05, 0.1) is 10.9 Å². The number of nitrogens with one attached hydrogen (secondary N) is 1. The van der Waals surface area contributed by atoms with Crippen LogP contribution in [0.25, 0.3) is 10.9 Å². The number of carbonyl (C=O) groups excluding carboxylic acids is 2. The van der Waals surface area contributed by atoms with Gasteiger partial charge < -0.3 is 0 Å². The zero-order valence-electron chi connectivity index (χ0n) is 11.7. The number of nitrogens with zero attached hydrogens (tertiary/aromatic N) is 3. The van der Waals surface area contributed by atoms with Gasteiger partial charge in [0.2, 0.25) is 11.8 Å². The van der Waals surface area contributed by atoms with Crippen molar-refractivity contribution in [2.75, 3.05) is 0 Å². The van der Waals surface area contributed by atoms with E-state index in [-0.39, 0.29) is 29.8 Å². The summed E-state index contributed by atoms with van der Waals surface area (Å²) < 4.78 is 1.22. The highest BCUT2D eigenvalue weighted by atomic mass is 16.3. The first-order chi connectivity index (χ1) is 10.5. The number of carbonyl (C=O) groups is 2. The van der Waals surface area contributed by atoms with E-state index in [0.29, 0.717) is 11.3 Å². The zero-order valence-corrected chi connectivity index (χ0v) is 11.7. The van der Waals surface area contributed by atoms with E-state index in [1.54, 1.807) is 19.1 Å². The molecule has 2 aromatic rings. The van der Waals surface area contributed by atoms with Crippen LogP contribution in [0, 0.1) is 11.8 Å². The van der Waals surface area contributed by atoms with Gasteiger partial charge >= 0.3 is 0 Å². The molecule has 0 radical (unpaired) electrons. The molecule has 2 heterocycles. The Morgan fingerprint density at radius 1 is 1.32 bits per heavy atom. The average molecular weight is 300 g/mol. The molecule has 3 rings (SSSR count). The summed E-state index contributed by atoms with van der Waals surface area (Å²) in [5.41, 5.74) is -0.175. The van der Waals surface area contributed by atoms with Crippen molar-refractivity contribution in [2.24, 2.45) is 5.18 Å². The summed E-state index contributed by atoms with van der Waals surface area (Å²) in [6.07, 6.45) is 0.364. The molecule has 8 nitrogen and oxygen atoms in total. The fourth-order valence-electron chi connectivity index (χ4n) is 2.71. The Bertz CT molecular complexity index is 871. The molecule has 0 saturated carbocycles. The lowest BCUT2D eigenvalue weighted by Crippen LogP contribution is -2.45. The Morgan fingerprint density at radius 3 is 2.77 bits per heavy atom. The van der Waals surface area contributed by atoms with Crippen molar-refractivity contribution in [1.29, 1.82) is 0 Å². The lowest BCUT2D eigenvalue weighted by molar-refractivity contribution is -0.135. The maximum absolute atomic E-state index is 12.7. The highest BCUT2D eigenvalue weighted by molar-refractivity contribution is 5.99. The smallest absolute Gasteiger partial charge is 0.264 e. The minimum atomic E-state index is -0.818. The lowest BCUT2D eigenvalue weighted by Gasteiger charge is -2.24. The Morgan fingerprint density at radius 2 is 2.09 bits per heavy atom. The van der Waals surface area contributed by atoms with Gasteiger partial charge in [-0.15, -0.1) is 4.91 Å². The molecular weight excluding hydrogens is 288 g/mol. The second-order valence-electron chi connectivity index (χ2n) is 5.06. The van der Waals surface area contributed by atoms with Crippen molar-refractivity contribution >= 4 is 28.4 Å². The topological polar surface area (TPSA) is 110 Å². The molecule has 0 bridgehead atoms. The summed E-state index contributed by atoms with van der Waals surface area (Å²) in [5, 5.41) is 5.13. The van der Waals surface area contributed by atoms with Gasteiger partial charge in [-0.2, -0.15) is 0 Å². The summed E-state index contributed by atoms with van der Waals surface area (Å²) in [6, 6.07) is 3.79. The van der Waals surface area contributed by atoms with Gasteiger partial charge in [-0.05, 0) is 30.7 Å². The summed E-state index contributed by atoms with van der Waals surface area (Å²) >= 11 is 0. The lowest BCUT2D eigenvalue weighted by atomic mass is 10.1. The largest absolute Gasteiger partial charge is 0.295 e. The maximum atomic E-state index is 12.7. The number of aromatic nitrogens is 2. The predicted octanol–water partition coefficient (Wildman–Crippen LogP) is 1.08. The monoisotopic (exact) mass is 300 g/mol. The van der Waals surface area contributed by atoms with Crippen LogP contribution in [-0.2, 0) is 9.59 Å². The summed E-state index contributed by atoms with van der Waals surface area (Å²) in [6.45, 7) is 1.60. The molecule has 1 aliphatic heterocycles. The fourth-order valence-corrected chi connectivity index (χ4v) is 2.71. The van der Waals surface area contributed by atoms with E-state index in [1.807, 2.05) is 0 Å². The van der Waals surface area contributed by atoms with Crippen molar-refractivity contribution in [3.63, 3.8) is 0 Å². The third-order valence-electron chi connectivity index (χ3n) is 3.70. The molecule has 1 saturated heterocycles. The molecule has 1 aliphatic rings. The Hall–Kier alpha value is -2.90. The summed E-state index contributed by atoms with van der Waals surface area (Å²) in [5.74, 6) is -0.565. The van der Waals surface area contributed by atoms with Crippen molar-refractivity contribution < 1.29 is 9.59 Å². The number of amides is 2. The molecule has 1 fully saturated rings. The van der Waals surface area contributed by atoms with Crippen LogP contribution in [0.1, 0.15) is 24.7 Å². The SMILES string of the molecule is Cc1nc2cccc(N=O)c2c(=O)n1C1CCC(=O)NC1=O. The third-order valence-corrected chi connectivity index (χ3v) is 3.70. The van der Waals surface area contributed by atoms with Crippen molar-refractivity contribution in [3.05, 3.63) is 39.3 Å². The number of hydrogen-bond donors (Lipinski definition) is 1. The third kappa shape index (κ3) is 2.09. The minimum Gasteiger partial charge on any atom is -0.295 e. The van der Waals surface area contributed by atoms with E-state index in [2.05, 4.69) is 15.5 Å². The molecule has 0 spiro atoms. The molecule has 1 unspecified atom stereocenters. The first-order valence-corrected chi connectivity index (χ1v) is 6.72. The van der Waals surface area contributed by atoms with Crippen LogP contribution in [-0.4, -0.2) is 21.4 Å². The van der Waals surface area contributed by atoms with E-state index in [9.17, 15) is 19.3 Å². The Labute approximate surface area is 124 Å². The van der Waals surface area contributed by atoms with E-state index < -0.39 is 17.5 Å². The van der Waals surface area contributed by atoms with Gasteiger partial charge in [0.1, 0.15) is 17.6 Å². The maximum Gasteiger partial charge on any atom is 0.264 e. The molecule has 22 heavy (non-hydrogen) atoms. The first-order valence-electron chi connectivity index (χ1n) is 6.72. The van der Waals surface area contributed by atoms with Gasteiger partial charge in [-0.25, -0.2) is 4.98 Å². The summed E-state index contributed by atoms with van der Waals surface area (Å²) in [7, 11) is 0. The number of rotatable bonds is 2. The number of aryl methyl sites for hydroxylation is 1. The normalized spacial score (nSPS) is 18.3.